The van der Waals surface area contributed by atoms with Gasteiger partial charge >= 0.3 is 0 Å². The Hall–Kier alpha value is -4.59. The van der Waals surface area contributed by atoms with Crippen molar-refractivity contribution >= 4 is 29.1 Å². The monoisotopic (exact) mass is 466 g/mol. The number of hydrogen-bond donors (Lipinski definition) is 3. The fraction of sp³-hybridized carbons (Fsp3) is 0.148. The Balaban J connectivity index is 1.47. The Bertz CT molecular complexity index is 1340. The predicted octanol–water partition coefficient (Wildman–Crippen LogP) is 4.98. The molecule has 0 unspecified atom stereocenters. The summed E-state index contributed by atoms with van der Waals surface area (Å²) in [7, 11) is 0. The molecule has 8 heteroatoms. The number of carbonyl (C=O) groups is 2. The van der Waals surface area contributed by atoms with E-state index in [1.165, 1.54) is 0 Å². The number of aryl methyl sites for hydroxylation is 1. The van der Waals surface area contributed by atoms with E-state index in [1.54, 1.807) is 42.9 Å². The molecule has 2 aromatic heterocycles. The van der Waals surface area contributed by atoms with Gasteiger partial charge in [-0.15, -0.1) is 0 Å². The summed E-state index contributed by atoms with van der Waals surface area (Å²) in [5, 5.41) is 8.97. The molecule has 35 heavy (non-hydrogen) atoms. The molecule has 0 aliphatic rings. The van der Waals surface area contributed by atoms with Crippen molar-refractivity contribution < 1.29 is 9.59 Å². The number of nitrogens with one attached hydrogen (secondary N) is 3. The fourth-order valence-corrected chi connectivity index (χ4v) is 3.37. The number of anilines is 3. The number of nitrogens with zero attached hydrogens (tertiary/aromatic N) is 3. The summed E-state index contributed by atoms with van der Waals surface area (Å²) in [4.78, 5) is 37.9. The van der Waals surface area contributed by atoms with Gasteiger partial charge in [-0.3, -0.25) is 14.6 Å². The fourth-order valence-electron chi connectivity index (χ4n) is 3.37. The van der Waals surface area contributed by atoms with Gasteiger partial charge in [0.05, 0.1) is 5.69 Å². The molecule has 0 atom stereocenters. The number of hydrogen-bond acceptors (Lipinski definition) is 6. The summed E-state index contributed by atoms with van der Waals surface area (Å²) in [6.45, 7) is 5.75. The molecule has 0 fully saturated rings. The van der Waals surface area contributed by atoms with Crippen molar-refractivity contribution in [3.8, 4) is 11.3 Å². The molecule has 0 saturated heterocycles. The van der Waals surface area contributed by atoms with E-state index in [-0.39, 0.29) is 17.9 Å². The van der Waals surface area contributed by atoms with Crippen LogP contribution in [0.1, 0.15) is 40.1 Å². The molecule has 0 aliphatic heterocycles. The van der Waals surface area contributed by atoms with E-state index in [0.29, 0.717) is 22.8 Å². The van der Waals surface area contributed by atoms with Gasteiger partial charge in [-0.25, -0.2) is 9.97 Å². The number of rotatable bonds is 7. The summed E-state index contributed by atoms with van der Waals surface area (Å²) in [6.07, 6.45) is 5.14. The smallest absolute Gasteiger partial charge is 0.255 e. The van der Waals surface area contributed by atoms with Crippen LogP contribution in [0.3, 0.4) is 0 Å². The van der Waals surface area contributed by atoms with Gasteiger partial charge in [0.1, 0.15) is 0 Å². The average molecular weight is 467 g/mol. The number of aromatic nitrogens is 3. The maximum absolute atomic E-state index is 12.8. The van der Waals surface area contributed by atoms with Crippen LogP contribution in [0.15, 0.2) is 79.3 Å². The zero-order valence-corrected chi connectivity index (χ0v) is 19.7. The Morgan fingerprint density at radius 3 is 2.31 bits per heavy atom. The summed E-state index contributed by atoms with van der Waals surface area (Å²) in [5.41, 5.74) is 4.96. The molecule has 4 aromatic rings. The number of amides is 2. The van der Waals surface area contributed by atoms with E-state index in [0.717, 1.165) is 22.5 Å². The predicted molar refractivity (Wildman–Crippen MR) is 137 cm³/mol. The van der Waals surface area contributed by atoms with Crippen molar-refractivity contribution in [2.75, 3.05) is 10.6 Å². The third-order valence-electron chi connectivity index (χ3n) is 5.18. The molecule has 3 N–H and O–H groups in total. The molecule has 0 bridgehead atoms. The lowest BCUT2D eigenvalue weighted by Crippen LogP contribution is -2.30. The summed E-state index contributed by atoms with van der Waals surface area (Å²) in [6, 6.07) is 17.8. The number of carbonyl (C=O) groups excluding carboxylic acids is 2. The summed E-state index contributed by atoms with van der Waals surface area (Å²) in [5.74, 6) is -0.00494. The van der Waals surface area contributed by atoms with Crippen molar-refractivity contribution in [3.63, 3.8) is 0 Å². The second-order valence-electron chi connectivity index (χ2n) is 8.32. The van der Waals surface area contributed by atoms with E-state index in [4.69, 9.17) is 0 Å². The summed E-state index contributed by atoms with van der Waals surface area (Å²) < 4.78 is 0. The SMILES string of the molecule is Cc1ccc(NC(=O)c2ccc(C(=O)NC(C)C)cc2)cc1Nc1nccc(-c2cccnc2)n1. The van der Waals surface area contributed by atoms with Crippen LogP contribution in [-0.2, 0) is 0 Å². The van der Waals surface area contributed by atoms with Crippen molar-refractivity contribution in [1.82, 2.24) is 20.3 Å². The molecular weight excluding hydrogens is 440 g/mol. The first-order chi connectivity index (χ1) is 16.9. The van der Waals surface area contributed by atoms with Crippen LogP contribution in [-0.4, -0.2) is 32.8 Å². The van der Waals surface area contributed by atoms with Crippen molar-refractivity contribution in [1.29, 1.82) is 0 Å². The van der Waals surface area contributed by atoms with E-state index >= 15 is 0 Å². The lowest BCUT2D eigenvalue weighted by molar-refractivity contribution is 0.0941. The Morgan fingerprint density at radius 2 is 1.63 bits per heavy atom. The largest absolute Gasteiger partial charge is 0.350 e. The second-order valence-corrected chi connectivity index (χ2v) is 8.32. The second kappa shape index (κ2) is 10.6. The average Bonchev–Trinajstić information content (AvgIpc) is 2.86. The van der Waals surface area contributed by atoms with Crippen LogP contribution < -0.4 is 16.0 Å². The van der Waals surface area contributed by atoms with E-state index < -0.39 is 0 Å². The molecule has 0 aliphatic carbocycles. The van der Waals surface area contributed by atoms with Gasteiger partial charge in [0, 0.05) is 52.7 Å². The maximum atomic E-state index is 12.8. The van der Waals surface area contributed by atoms with Gasteiger partial charge < -0.3 is 16.0 Å². The zero-order valence-electron chi connectivity index (χ0n) is 19.7. The minimum Gasteiger partial charge on any atom is -0.350 e. The van der Waals surface area contributed by atoms with Gasteiger partial charge in [-0.05, 0) is 80.9 Å². The molecule has 4 rings (SSSR count). The first-order valence-electron chi connectivity index (χ1n) is 11.2. The van der Waals surface area contributed by atoms with Crippen LogP contribution in [0.4, 0.5) is 17.3 Å². The van der Waals surface area contributed by atoms with Crippen molar-refractivity contribution in [2.45, 2.75) is 26.8 Å². The van der Waals surface area contributed by atoms with Gasteiger partial charge in [0.25, 0.3) is 11.8 Å². The highest BCUT2D eigenvalue weighted by molar-refractivity contribution is 6.05. The highest BCUT2D eigenvalue weighted by Gasteiger charge is 2.11. The standard InChI is InChI=1S/C27H26N6O2/c1-17(2)30-25(34)19-7-9-20(10-8-19)26(35)31-22-11-6-18(3)24(15-22)33-27-29-14-12-23(32-27)21-5-4-13-28-16-21/h4-17H,1-3H3,(H,30,34)(H,31,35)(H,29,32,33). The zero-order chi connectivity index (χ0) is 24.8. The van der Waals surface area contributed by atoms with Crippen LogP contribution in [0, 0.1) is 6.92 Å². The Kier molecular flexibility index (Phi) is 7.11. The minimum absolute atomic E-state index is 0.0399. The number of benzene rings is 2. The molecule has 176 valence electrons. The number of pyridine rings is 1. The van der Waals surface area contributed by atoms with E-state index in [2.05, 4.69) is 30.9 Å². The third-order valence-corrected chi connectivity index (χ3v) is 5.18. The van der Waals surface area contributed by atoms with Gasteiger partial charge in [-0.1, -0.05) is 6.07 Å². The maximum Gasteiger partial charge on any atom is 0.255 e. The highest BCUT2D eigenvalue weighted by atomic mass is 16.2. The first kappa shape index (κ1) is 23.6. The molecule has 0 saturated carbocycles. The third kappa shape index (κ3) is 6.05. The van der Waals surface area contributed by atoms with Crippen molar-refractivity contribution in [3.05, 3.63) is 95.9 Å². The Morgan fingerprint density at radius 1 is 0.886 bits per heavy atom. The lowest BCUT2D eigenvalue weighted by Gasteiger charge is -2.12. The van der Waals surface area contributed by atoms with Gasteiger partial charge in [0.15, 0.2) is 0 Å². The lowest BCUT2D eigenvalue weighted by atomic mass is 10.1. The molecular formula is C27H26N6O2. The molecule has 0 spiro atoms. The van der Waals surface area contributed by atoms with Crippen LogP contribution in [0.5, 0.6) is 0 Å². The van der Waals surface area contributed by atoms with Crippen molar-refractivity contribution in [2.24, 2.45) is 0 Å². The normalized spacial score (nSPS) is 10.6. The van der Waals surface area contributed by atoms with Crippen LogP contribution >= 0.6 is 0 Å². The van der Waals surface area contributed by atoms with Crippen LogP contribution in [0.2, 0.25) is 0 Å². The van der Waals surface area contributed by atoms with Gasteiger partial charge in [0.2, 0.25) is 5.95 Å². The molecule has 0 radical (unpaired) electrons. The quantitative estimate of drug-likeness (QED) is 0.354. The first-order valence-corrected chi connectivity index (χ1v) is 11.2. The van der Waals surface area contributed by atoms with Gasteiger partial charge in [-0.2, -0.15) is 0 Å². The summed E-state index contributed by atoms with van der Waals surface area (Å²) >= 11 is 0. The van der Waals surface area contributed by atoms with Crippen LogP contribution in [0.25, 0.3) is 11.3 Å². The minimum atomic E-state index is -0.273. The Labute approximate surface area is 203 Å². The van der Waals surface area contributed by atoms with E-state index in [9.17, 15) is 9.59 Å². The van der Waals surface area contributed by atoms with E-state index in [1.807, 2.05) is 57.2 Å². The molecule has 2 amide bonds. The molecule has 2 heterocycles. The topological polar surface area (TPSA) is 109 Å². The molecule has 8 nitrogen and oxygen atoms in total. The highest BCUT2D eigenvalue weighted by Crippen LogP contribution is 2.24. The molecule has 2 aromatic carbocycles.